The number of hydrogen-bond donors (Lipinski definition) is 1. The summed E-state index contributed by atoms with van der Waals surface area (Å²) in [5.74, 6) is 0.793. The van der Waals surface area contributed by atoms with Crippen LogP contribution in [0.1, 0.15) is 17.5 Å². The Labute approximate surface area is 101 Å². The summed E-state index contributed by atoms with van der Waals surface area (Å²) in [5, 5.41) is 9.10. The van der Waals surface area contributed by atoms with Crippen LogP contribution in [0.15, 0.2) is 18.2 Å². The molecule has 1 aromatic carbocycles. The number of aliphatic hydroxyl groups is 1. The van der Waals surface area contributed by atoms with Gasteiger partial charge >= 0.3 is 0 Å². The fraction of sp³-hybridized carbons (Fsp3) is 0.538. The van der Waals surface area contributed by atoms with Gasteiger partial charge < -0.3 is 19.3 Å². The highest BCUT2D eigenvalue weighted by Crippen LogP contribution is 2.22. The Morgan fingerprint density at radius 3 is 3.00 bits per heavy atom. The van der Waals surface area contributed by atoms with Crippen LogP contribution in [0.4, 0.5) is 0 Å². The lowest BCUT2D eigenvalue weighted by Gasteiger charge is -2.13. The average Bonchev–Trinajstić information content (AvgIpc) is 2.89. The predicted molar refractivity (Wildman–Crippen MR) is 62.9 cm³/mol. The lowest BCUT2D eigenvalue weighted by atomic mass is 10.1. The SMILES string of the molecule is COc1ccc(CO)cc1COC1CCOC1. The van der Waals surface area contributed by atoms with Crippen LogP contribution in [-0.4, -0.2) is 31.5 Å². The van der Waals surface area contributed by atoms with E-state index < -0.39 is 0 Å². The van der Waals surface area contributed by atoms with Gasteiger partial charge in [0, 0.05) is 12.2 Å². The van der Waals surface area contributed by atoms with Gasteiger partial charge in [0.2, 0.25) is 0 Å². The predicted octanol–water partition coefficient (Wildman–Crippen LogP) is 1.49. The molecule has 1 fully saturated rings. The highest BCUT2D eigenvalue weighted by molar-refractivity contribution is 5.36. The molecule has 94 valence electrons. The van der Waals surface area contributed by atoms with Crippen LogP contribution in [-0.2, 0) is 22.7 Å². The molecule has 1 N–H and O–H groups in total. The third-order valence-electron chi connectivity index (χ3n) is 2.89. The van der Waals surface area contributed by atoms with Crippen molar-refractivity contribution in [2.45, 2.75) is 25.7 Å². The van der Waals surface area contributed by atoms with Gasteiger partial charge in [-0.3, -0.25) is 0 Å². The summed E-state index contributed by atoms with van der Waals surface area (Å²) in [7, 11) is 1.64. The van der Waals surface area contributed by atoms with Gasteiger partial charge in [0.25, 0.3) is 0 Å². The van der Waals surface area contributed by atoms with E-state index in [1.54, 1.807) is 7.11 Å². The first-order valence-corrected chi connectivity index (χ1v) is 5.79. The van der Waals surface area contributed by atoms with E-state index in [1.807, 2.05) is 18.2 Å². The first kappa shape index (κ1) is 12.4. The summed E-state index contributed by atoms with van der Waals surface area (Å²) in [6.07, 6.45) is 1.12. The topological polar surface area (TPSA) is 47.9 Å². The summed E-state index contributed by atoms with van der Waals surface area (Å²) in [6, 6.07) is 5.62. The third-order valence-corrected chi connectivity index (χ3v) is 2.89. The quantitative estimate of drug-likeness (QED) is 0.844. The summed E-state index contributed by atoms with van der Waals surface area (Å²) in [6.45, 7) is 1.97. The zero-order valence-electron chi connectivity index (χ0n) is 10.0. The van der Waals surface area contributed by atoms with Crippen molar-refractivity contribution in [3.05, 3.63) is 29.3 Å². The second-order valence-corrected chi connectivity index (χ2v) is 4.10. The van der Waals surface area contributed by atoms with E-state index in [0.29, 0.717) is 13.2 Å². The molecular formula is C13H18O4. The van der Waals surface area contributed by atoms with Crippen molar-refractivity contribution >= 4 is 0 Å². The molecule has 0 amide bonds. The van der Waals surface area contributed by atoms with E-state index in [2.05, 4.69) is 0 Å². The zero-order valence-corrected chi connectivity index (χ0v) is 10.0. The van der Waals surface area contributed by atoms with Crippen LogP contribution in [0.25, 0.3) is 0 Å². The van der Waals surface area contributed by atoms with Crippen molar-refractivity contribution in [3.8, 4) is 5.75 Å². The minimum Gasteiger partial charge on any atom is -0.496 e. The number of benzene rings is 1. The van der Waals surface area contributed by atoms with E-state index >= 15 is 0 Å². The van der Waals surface area contributed by atoms with Crippen LogP contribution >= 0.6 is 0 Å². The van der Waals surface area contributed by atoms with Gasteiger partial charge in [-0.05, 0) is 24.1 Å². The van der Waals surface area contributed by atoms with E-state index in [0.717, 1.165) is 29.9 Å². The van der Waals surface area contributed by atoms with Crippen molar-refractivity contribution in [3.63, 3.8) is 0 Å². The highest BCUT2D eigenvalue weighted by atomic mass is 16.5. The molecule has 2 rings (SSSR count). The molecule has 1 unspecified atom stereocenters. The average molecular weight is 238 g/mol. The molecule has 1 heterocycles. The van der Waals surface area contributed by atoms with Gasteiger partial charge in [0.1, 0.15) is 5.75 Å². The first-order chi connectivity index (χ1) is 8.33. The molecular weight excluding hydrogens is 220 g/mol. The molecule has 4 heteroatoms. The molecule has 4 nitrogen and oxygen atoms in total. The van der Waals surface area contributed by atoms with Crippen LogP contribution in [0, 0.1) is 0 Å². The van der Waals surface area contributed by atoms with Crippen LogP contribution in [0.3, 0.4) is 0 Å². The Morgan fingerprint density at radius 1 is 1.47 bits per heavy atom. The number of rotatable bonds is 5. The Hall–Kier alpha value is -1.10. The smallest absolute Gasteiger partial charge is 0.124 e. The summed E-state index contributed by atoms with van der Waals surface area (Å²) in [4.78, 5) is 0. The molecule has 1 aliphatic rings. The molecule has 0 saturated carbocycles. The summed E-state index contributed by atoms with van der Waals surface area (Å²) >= 11 is 0. The maximum absolute atomic E-state index is 9.10. The molecule has 1 aliphatic heterocycles. The zero-order chi connectivity index (χ0) is 12.1. The number of ether oxygens (including phenoxy) is 3. The Morgan fingerprint density at radius 2 is 2.35 bits per heavy atom. The molecule has 0 radical (unpaired) electrons. The molecule has 0 aromatic heterocycles. The fourth-order valence-corrected chi connectivity index (χ4v) is 1.90. The molecule has 1 aromatic rings. The number of methoxy groups -OCH3 is 1. The van der Waals surface area contributed by atoms with Gasteiger partial charge in [-0.2, -0.15) is 0 Å². The second kappa shape index (κ2) is 6.00. The fourth-order valence-electron chi connectivity index (χ4n) is 1.90. The van der Waals surface area contributed by atoms with Crippen molar-refractivity contribution in [2.75, 3.05) is 20.3 Å². The van der Waals surface area contributed by atoms with Gasteiger partial charge in [-0.1, -0.05) is 6.07 Å². The van der Waals surface area contributed by atoms with Crippen molar-refractivity contribution < 1.29 is 19.3 Å². The number of hydrogen-bond acceptors (Lipinski definition) is 4. The number of aliphatic hydroxyl groups excluding tert-OH is 1. The van der Waals surface area contributed by atoms with Gasteiger partial charge in [0.05, 0.1) is 33.0 Å². The van der Waals surface area contributed by atoms with Crippen LogP contribution < -0.4 is 4.74 Å². The molecule has 1 saturated heterocycles. The van der Waals surface area contributed by atoms with E-state index in [4.69, 9.17) is 19.3 Å². The largest absolute Gasteiger partial charge is 0.496 e. The molecule has 17 heavy (non-hydrogen) atoms. The summed E-state index contributed by atoms with van der Waals surface area (Å²) in [5.41, 5.74) is 1.83. The molecule has 0 aliphatic carbocycles. The first-order valence-electron chi connectivity index (χ1n) is 5.79. The van der Waals surface area contributed by atoms with Crippen molar-refractivity contribution in [1.29, 1.82) is 0 Å². The maximum Gasteiger partial charge on any atom is 0.124 e. The van der Waals surface area contributed by atoms with Gasteiger partial charge in [-0.15, -0.1) is 0 Å². The van der Waals surface area contributed by atoms with Crippen LogP contribution in [0.5, 0.6) is 5.75 Å². The standard InChI is InChI=1S/C13H18O4/c1-15-13-3-2-10(7-14)6-11(13)8-17-12-4-5-16-9-12/h2-3,6,12,14H,4-5,7-9H2,1H3. The monoisotopic (exact) mass is 238 g/mol. The van der Waals surface area contributed by atoms with E-state index in [-0.39, 0.29) is 12.7 Å². The summed E-state index contributed by atoms with van der Waals surface area (Å²) < 4.78 is 16.3. The second-order valence-electron chi connectivity index (χ2n) is 4.10. The normalized spacial score (nSPS) is 19.5. The van der Waals surface area contributed by atoms with Crippen molar-refractivity contribution in [1.82, 2.24) is 0 Å². The van der Waals surface area contributed by atoms with Gasteiger partial charge in [0.15, 0.2) is 0 Å². The Bertz CT molecular complexity index is 358. The lowest BCUT2D eigenvalue weighted by molar-refractivity contribution is 0.0308. The Kier molecular flexibility index (Phi) is 4.36. The minimum atomic E-state index is 0.0313. The minimum absolute atomic E-state index is 0.0313. The van der Waals surface area contributed by atoms with E-state index in [1.165, 1.54) is 0 Å². The van der Waals surface area contributed by atoms with Crippen molar-refractivity contribution in [2.24, 2.45) is 0 Å². The molecule has 0 bridgehead atoms. The molecule has 1 atom stereocenters. The van der Waals surface area contributed by atoms with Crippen LogP contribution in [0.2, 0.25) is 0 Å². The third kappa shape index (κ3) is 3.19. The lowest BCUT2D eigenvalue weighted by Crippen LogP contribution is -2.12. The van der Waals surface area contributed by atoms with E-state index in [9.17, 15) is 0 Å². The highest BCUT2D eigenvalue weighted by Gasteiger charge is 2.16. The molecule has 0 spiro atoms. The Balaban J connectivity index is 2.01. The maximum atomic E-state index is 9.10. The van der Waals surface area contributed by atoms with Gasteiger partial charge in [-0.25, -0.2) is 0 Å².